The molecule has 7 heteroatoms. The van der Waals surface area contributed by atoms with Gasteiger partial charge in [-0.3, -0.25) is 4.79 Å². The molecule has 29 heavy (non-hydrogen) atoms. The van der Waals surface area contributed by atoms with E-state index in [-0.39, 0.29) is 17.8 Å². The monoisotopic (exact) mass is 421 g/mol. The maximum Gasteiger partial charge on any atom is 0.254 e. The summed E-state index contributed by atoms with van der Waals surface area (Å²) in [6.45, 7) is 6.05. The number of halogens is 2. The van der Waals surface area contributed by atoms with Crippen molar-refractivity contribution in [3.05, 3.63) is 58.4 Å². The lowest BCUT2D eigenvalue weighted by molar-refractivity contribution is -0.0228. The summed E-state index contributed by atoms with van der Waals surface area (Å²) in [6.07, 6.45) is 0.531. The van der Waals surface area contributed by atoms with Crippen LogP contribution in [-0.4, -0.2) is 43.7 Å². The van der Waals surface area contributed by atoms with Gasteiger partial charge in [0.05, 0.1) is 31.4 Å². The van der Waals surface area contributed by atoms with Crippen molar-refractivity contribution in [1.29, 1.82) is 0 Å². The van der Waals surface area contributed by atoms with Gasteiger partial charge in [-0.25, -0.2) is 4.39 Å². The SMILES string of the molecule is CCCOc1c(Cl)cc(C(=O)N2CCOC(c3ccc(F)cc3)C2)cc1OCC. The molecule has 0 N–H and O–H groups in total. The first-order valence-corrected chi connectivity index (χ1v) is 10.2. The number of rotatable bonds is 7. The van der Waals surface area contributed by atoms with Crippen LogP contribution in [0, 0.1) is 5.82 Å². The molecule has 156 valence electrons. The highest BCUT2D eigenvalue weighted by Crippen LogP contribution is 2.37. The second kappa shape index (κ2) is 9.94. The highest BCUT2D eigenvalue weighted by molar-refractivity contribution is 6.32. The van der Waals surface area contributed by atoms with Crippen molar-refractivity contribution in [3.8, 4) is 11.5 Å². The molecule has 1 atom stereocenters. The van der Waals surface area contributed by atoms with E-state index in [1.807, 2.05) is 13.8 Å². The number of ether oxygens (including phenoxy) is 3. The number of carbonyl (C=O) groups excluding carboxylic acids is 1. The first-order valence-electron chi connectivity index (χ1n) is 9.79. The number of amides is 1. The number of carbonyl (C=O) groups is 1. The fourth-order valence-corrected chi connectivity index (χ4v) is 3.46. The average molecular weight is 422 g/mol. The third-order valence-corrected chi connectivity index (χ3v) is 4.88. The van der Waals surface area contributed by atoms with E-state index in [1.165, 1.54) is 12.1 Å². The Morgan fingerprint density at radius 1 is 1.24 bits per heavy atom. The van der Waals surface area contributed by atoms with E-state index in [1.54, 1.807) is 29.2 Å². The van der Waals surface area contributed by atoms with Crippen molar-refractivity contribution in [2.24, 2.45) is 0 Å². The molecular weight excluding hydrogens is 397 g/mol. The Morgan fingerprint density at radius 3 is 2.69 bits per heavy atom. The van der Waals surface area contributed by atoms with Gasteiger partial charge in [0.1, 0.15) is 11.9 Å². The summed E-state index contributed by atoms with van der Waals surface area (Å²) in [4.78, 5) is 14.8. The fourth-order valence-electron chi connectivity index (χ4n) is 3.19. The zero-order valence-electron chi connectivity index (χ0n) is 16.6. The van der Waals surface area contributed by atoms with E-state index in [4.69, 9.17) is 25.8 Å². The molecule has 0 aromatic heterocycles. The molecule has 0 aliphatic carbocycles. The summed E-state index contributed by atoms with van der Waals surface area (Å²) in [5.74, 6) is 0.449. The van der Waals surface area contributed by atoms with Crippen LogP contribution in [0.1, 0.15) is 42.3 Å². The first kappa shape index (κ1) is 21.4. The summed E-state index contributed by atoms with van der Waals surface area (Å²) in [7, 11) is 0. The van der Waals surface area contributed by atoms with Gasteiger partial charge in [-0.1, -0.05) is 30.7 Å². The van der Waals surface area contributed by atoms with Gasteiger partial charge in [0.2, 0.25) is 0 Å². The molecule has 2 aromatic carbocycles. The van der Waals surface area contributed by atoms with Crippen molar-refractivity contribution >= 4 is 17.5 Å². The maximum absolute atomic E-state index is 13.2. The third-order valence-electron chi connectivity index (χ3n) is 4.60. The second-order valence-electron chi connectivity index (χ2n) is 6.73. The molecule has 3 rings (SSSR count). The largest absolute Gasteiger partial charge is 0.490 e. The van der Waals surface area contributed by atoms with E-state index in [9.17, 15) is 9.18 Å². The zero-order chi connectivity index (χ0) is 20.8. The number of morpholine rings is 1. The molecule has 2 aromatic rings. The van der Waals surface area contributed by atoms with Crippen LogP contribution in [0.3, 0.4) is 0 Å². The normalized spacial score (nSPS) is 16.6. The molecule has 0 radical (unpaired) electrons. The number of hydrogen-bond acceptors (Lipinski definition) is 4. The number of benzene rings is 2. The Kier molecular flexibility index (Phi) is 7.34. The minimum atomic E-state index is -0.305. The predicted molar refractivity (Wildman–Crippen MR) is 109 cm³/mol. The van der Waals surface area contributed by atoms with Crippen molar-refractivity contribution in [3.63, 3.8) is 0 Å². The molecule has 1 fully saturated rings. The lowest BCUT2D eigenvalue weighted by Crippen LogP contribution is -2.42. The Bertz CT molecular complexity index is 843. The molecule has 1 aliphatic rings. The summed E-state index contributed by atoms with van der Waals surface area (Å²) in [5.41, 5.74) is 1.27. The molecule has 1 amide bonds. The Balaban J connectivity index is 1.80. The van der Waals surface area contributed by atoms with Gasteiger partial charge in [0.25, 0.3) is 5.91 Å². The van der Waals surface area contributed by atoms with Crippen LogP contribution in [-0.2, 0) is 4.74 Å². The molecule has 1 aliphatic heterocycles. The Hall–Kier alpha value is -2.31. The van der Waals surface area contributed by atoms with E-state index in [0.29, 0.717) is 55.0 Å². The number of hydrogen-bond donors (Lipinski definition) is 0. The zero-order valence-corrected chi connectivity index (χ0v) is 17.4. The van der Waals surface area contributed by atoms with Crippen molar-refractivity contribution in [2.75, 3.05) is 32.9 Å². The van der Waals surface area contributed by atoms with E-state index < -0.39 is 0 Å². The minimum absolute atomic E-state index is 0.162. The van der Waals surface area contributed by atoms with Crippen LogP contribution in [0.5, 0.6) is 11.5 Å². The van der Waals surface area contributed by atoms with Crippen molar-refractivity contribution < 1.29 is 23.4 Å². The Morgan fingerprint density at radius 2 is 2.00 bits per heavy atom. The summed E-state index contributed by atoms with van der Waals surface area (Å²) in [6, 6.07) is 9.42. The summed E-state index contributed by atoms with van der Waals surface area (Å²) < 4.78 is 30.3. The van der Waals surface area contributed by atoms with E-state index >= 15 is 0 Å². The predicted octanol–water partition coefficient (Wildman–Crippen LogP) is 4.88. The van der Waals surface area contributed by atoms with Crippen LogP contribution < -0.4 is 9.47 Å². The molecule has 0 saturated carbocycles. The van der Waals surface area contributed by atoms with Crippen LogP contribution in [0.4, 0.5) is 4.39 Å². The molecular formula is C22H25ClFNO4. The average Bonchev–Trinajstić information content (AvgIpc) is 2.73. The summed E-state index contributed by atoms with van der Waals surface area (Å²) >= 11 is 6.39. The molecule has 0 bridgehead atoms. The minimum Gasteiger partial charge on any atom is -0.490 e. The quantitative estimate of drug-likeness (QED) is 0.639. The Labute approximate surface area is 175 Å². The van der Waals surface area contributed by atoms with Gasteiger partial charge in [-0.2, -0.15) is 0 Å². The van der Waals surface area contributed by atoms with Gasteiger partial charge in [-0.15, -0.1) is 0 Å². The van der Waals surface area contributed by atoms with Gasteiger partial charge in [0.15, 0.2) is 11.5 Å². The second-order valence-corrected chi connectivity index (χ2v) is 7.14. The van der Waals surface area contributed by atoms with Crippen LogP contribution >= 0.6 is 11.6 Å². The lowest BCUT2D eigenvalue weighted by atomic mass is 10.1. The summed E-state index contributed by atoms with van der Waals surface area (Å²) in [5, 5.41) is 0.344. The van der Waals surface area contributed by atoms with Crippen LogP contribution in [0.25, 0.3) is 0 Å². The van der Waals surface area contributed by atoms with Crippen LogP contribution in [0.2, 0.25) is 5.02 Å². The molecule has 1 unspecified atom stereocenters. The van der Waals surface area contributed by atoms with Gasteiger partial charge in [0, 0.05) is 12.1 Å². The van der Waals surface area contributed by atoms with E-state index in [0.717, 1.165) is 12.0 Å². The van der Waals surface area contributed by atoms with Gasteiger partial charge in [-0.05, 0) is 43.2 Å². The topological polar surface area (TPSA) is 48.0 Å². The van der Waals surface area contributed by atoms with Crippen LogP contribution in [0.15, 0.2) is 36.4 Å². The fraction of sp³-hybridized carbons (Fsp3) is 0.409. The van der Waals surface area contributed by atoms with E-state index in [2.05, 4.69) is 0 Å². The van der Waals surface area contributed by atoms with Crippen molar-refractivity contribution in [1.82, 2.24) is 4.90 Å². The lowest BCUT2D eigenvalue weighted by Gasteiger charge is -2.33. The first-order chi connectivity index (χ1) is 14.0. The third kappa shape index (κ3) is 5.19. The molecule has 1 saturated heterocycles. The highest BCUT2D eigenvalue weighted by atomic mass is 35.5. The van der Waals surface area contributed by atoms with Crippen molar-refractivity contribution in [2.45, 2.75) is 26.4 Å². The van der Waals surface area contributed by atoms with Gasteiger partial charge < -0.3 is 19.1 Å². The van der Waals surface area contributed by atoms with Gasteiger partial charge >= 0.3 is 0 Å². The standard InChI is InChI=1S/C22H25ClFNO4/c1-3-10-29-21-18(23)12-16(13-19(21)27-4-2)22(26)25-9-11-28-20(14-25)15-5-7-17(24)8-6-15/h5-8,12-13,20H,3-4,9-11,14H2,1-2H3. The molecule has 1 heterocycles. The highest BCUT2D eigenvalue weighted by Gasteiger charge is 2.27. The molecule has 5 nitrogen and oxygen atoms in total. The number of nitrogens with zero attached hydrogens (tertiary/aromatic N) is 1. The smallest absolute Gasteiger partial charge is 0.254 e. The molecule has 0 spiro atoms. The maximum atomic E-state index is 13.2.